The highest BCUT2D eigenvalue weighted by molar-refractivity contribution is 9.10. The summed E-state index contributed by atoms with van der Waals surface area (Å²) in [6.07, 6.45) is 4.53. The average molecular weight is 354 g/mol. The van der Waals surface area contributed by atoms with Gasteiger partial charge in [0.1, 0.15) is 5.82 Å². The Hall–Kier alpha value is -1.69. The molecular formula is C15H13BrFNO3. The van der Waals surface area contributed by atoms with Crippen molar-refractivity contribution in [2.45, 2.75) is 6.42 Å². The summed E-state index contributed by atoms with van der Waals surface area (Å²) in [5.41, 5.74) is 0.448. The molecule has 0 saturated heterocycles. The molecule has 0 spiro atoms. The van der Waals surface area contributed by atoms with Crippen LogP contribution in [0.25, 0.3) is 0 Å². The lowest BCUT2D eigenvalue weighted by molar-refractivity contribution is -0.146. The third kappa shape index (κ3) is 2.48. The van der Waals surface area contributed by atoms with Crippen molar-refractivity contribution in [1.82, 2.24) is 0 Å². The number of carbonyl (C=O) groups excluding carboxylic acids is 1. The fourth-order valence-electron chi connectivity index (χ4n) is 3.32. The predicted molar refractivity (Wildman–Crippen MR) is 78.1 cm³/mol. The molecule has 2 bridgehead atoms. The van der Waals surface area contributed by atoms with Crippen LogP contribution in [0.3, 0.4) is 0 Å². The van der Waals surface area contributed by atoms with Crippen molar-refractivity contribution in [3.05, 3.63) is 40.6 Å². The fraction of sp³-hybridized carbons (Fsp3) is 0.333. The molecule has 2 aliphatic carbocycles. The molecule has 1 saturated carbocycles. The van der Waals surface area contributed by atoms with Gasteiger partial charge in [0.05, 0.1) is 16.3 Å². The second-order valence-corrected chi connectivity index (χ2v) is 6.31. The van der Waals surface area contributed by atoms with Crippen molar-refractivity contribution < 1.29 is 19.1 Å². The number of anilines is 1. The van der Waals surface area contributed by atoms with Gasteiger partial charge in [-0.1, -0.05) is 12.2 Å². The zero-order valence-electron chi connectivity index (χ0n) is 10.9. The first-order chi connectivity index (χ1) is 9.97. The number of nitrogens with one attached hydrogen (secondary N) is 1. The third-order valence-electron chi connectivity index (χ3n) is 4.23. The molecule has 21 heavy (non-hydrogen) atoms. The molecule has 1 amide bonds. The summed E-state index contributed by atoms with van der Waals surface area (Å²) >= 11 is 3.06. The largest absolute Gasteiger partial charge is 0.481 e. The van der Waals surface area contributed by atoms with Crippen molar-refractivity contribution in [2.75, 3.05) is 5.32 Å². The molecule has 4 nitrogen and oxygen atoms in total. The van der Waals surface area contributed by atoms with E-state index in [1.165, 1.54) is 18.2 Å². The number of benzene rings is 1. The van der Waals surface area contributed by atoms with E-state index in [1.54, 1.807) is 0 Å². The normalized spacial score (nSPS) is 29.6. The van der Waals surface area contributed by atoms with Crippen molar-refractivity contribution in [2.24, 2.45) is 23.7 Å². The molecule has 2 N–H and O–H groups in total. The molecule has 3 rings (SSSR count). The first kappa shape index (κ1) is 14.3. The molecule has 1 aromatic rings. The number of halogens is 2. The molecular weight excluding hydrogens is 341 g/mol. The Bertz CT molecular complexity index is 646. The van der Waals surface area contributed by atoms with Crippen LogP contribution in [0.2, 0.25) is 0 Å². The van der Waals surface area contributed by atoms with Gasteiger partial charge in [0, 0.05) is 5.69 Å². The Balaban J connectivity index is 1.80. The summed E-state index contributed by atoms with van der Waals surface area (Å²) in [6, 6.07) is 4.16. The third-order valence-corrected chi connectivity index (χ3v) is 4.84. The molecule has 1 aromatic carbocycles. The van der Waals surface area contributed by atoms with Gasteiger partial charge in [0.2, 0.25) is 5.91 Å². The highest BCUT2D eigenvalue weighted by Crippen LogP contribution is 2.48. The second-order valence-electron chi connectivity index (χ2n) is 5.46. The van der Waals surface area contributed by atoms with Crippen LogP contribution in [0, 0.1) is 29.5 Å². The van der Waals surface area contributed by atoms with Gasteiger partial charge >= 0.3 is 5.97 Å². The summed E-state index contributed by atoms with van der Waals surface area (Å²) in [4.78, 5) is 23.8. The lowest BCUT2D eigenvalue weighted by Gasteiger charge is -2.23. The molecule has 110 valence electrons. The number of carboxylic acid groups (broad SMARTS) is 1. The predicted octanol–water partition coefficient (Wildman–Crippen LogP) is 3.05. The van der Waals surface area contributed by atoms with Crippen LogP contribution in [0.5, 0.6) is 0 Å². The molecule has 2 aliphatic rings. The Labute approximate surface area is 129 Å². The number of amides is 1. The van der Waals surface area contributed by atoms with Crippen LogP contribution in [-0.2, 0) is 9.59 Å². The quantitative estimate of drug-likeness (QED) is 0.820. The Morgan fingerprint density at radius 1 is 1.24 bits per heavy atom. The maximum absolute atomic E-state index is 13.2. The maximum Gasteiger partial charge on any atom is 0.307 e. The molecule has 1 fully saturated rings. The van der Waals surface area contributed by atoms with Crippen LogP contribution in [0.1, 0.15) is 6.42 Å². The first-order valence-electron chi connectivity index (χ1n) is 6.64. The minimum Gasteiger partial charge on any atom is -0.481 e. The Morgan fingerprint density at radius 2 is 1.90 bits per heavy atom. The van der Waals surface area contributed by atoms with Crippen molar-refractivity contribution in [3.63, 3.8) is 0 Å². The van der Waals surface area contributed by atoms with E-state index in [0.717, 1.165) is 0 Å². The van der Waals surface area contributed by atoms with E-state index < -0.39 is 23.6 Å². The molecule has 4 atom stereocenters. The van der Waals surface area contributed by atoms with E-state index in [9.17, 15) is 19.1 Å². The van der Waals surface area contributed by atoms with Crippen molar-refractivity contribution in [1.29, 1.82) is 0 Å². The molecule has 0 aromatic heterocycles. The van der Waals surface area contributed by atoms with Crippen LogP contribution in [-0.4, -0.2) is 17.0 Å². The van der Waals surface area contributed by atoms with E-state index in [0.29, 0.717) is 12.1 Å². The van der Waals surface area contributed by atoms with Crippen LogP contribution in [0.4, 0.5) is 10.1 Å². The van der Waals surface area contributed by atoms with E-state index in [4.69, 9.17) is 0 Å². The van der Waals surface area contributed by atoms with Gasteiger partial charge in [-0.15, -0.1) is 0 Å². The number of fused-ring (bicyclic) bond motifs is 2. The van der Waals surface area contributed by atoms with E-state index in [2.05, 4.69) is 21.2 Å². The van der Waals surface area contributed by atoms with E-state index in [-0.39, 0.29) is 22.2 Å². The Morgan fingerprint density at radius 3 is 2.52 bits per heavy atom. The topological polar surface area (TPSA) is 66.4 Å². The molecule has 4 unspecified atom stereocenters. The minimum atomic E-state index is -0.938. The van der Waals surface area contributed by atoms with Crippen LogP contribution < -0.4 is 5.32 Å². The van der Waals surface area contributed by atoms with Gasteiger partial charge < -0.3 is 10.4 Å². The lowest BCUT2D eigenvalue weighted by Crippen LogP contribution is -2.36. The van der Waals surface area contributed by atoms with Gasteiger partial charge in [0.25, 0.3) is 0 Å². The standard InChI is InChI=1S/C15H13BrFNO3/c16-10-6-9(3-4-11(10)17)18-14(19)12-7-1-2-8(5-7)13(12)15(20)21/h1-4,6-8,12-13H,5H2,(H,18,19)(H,20,21). The number of rotatable bonds is 3. The summed E-state index contributed by atoms with van der Waals surface area (Å²) in [5, 5.41) is 12.0. The number of hydrogen-bond donors (Lipinski definition) is 2. The summed E-state index contributed by atoms with van der Waals surface area (Å²) < 4.78 is 13.4. The smallest absolute Gasteiger partial charge is 0.307 e. The van der Waals surface area contributed by atoms with Gasteiger partial charge in [-0.05, 0) is 52.4 Å². The second kappa shape index (κ2) is 5.26. The average Bonchev–Trinajstić information content (AvgIpc) is 3.03. The van der Waals surface area contributed by atoms with Gasteiger partial charge in [0.15, 0.2) is 0 Å². The number of hydrogen-bond acceptors (Lipinski definition) is 2. The minimum absolute atomic E-state index is 0.0278. The summed E-state index contributed by atoms with van der Waals surface area (Å²) in [6.45, 7) is 0. The van der Waals surface area contributed by atoms with Crippen LogP contribution >= 0.6 is 15.9 Å². The number of carboxylic acids is 1. The molecule has 6 heteroatoms. The fourth-order valence-corrected chi connectivity index (χ4v) is 3.69. The summed E-state index contributed by atoms with van der Waals surface area (Å²) in [7, 11) is 0. The van der Waals surface area contributed by atoms with Crippen molar-refractivity contribution in [3.8, 4) is 0 Å². The van der Waals surface area contributed by atoms with Gasteiger partial charge in [-0.25, -0.2) is 4.39 Å². The summed E-state index contributed by atoms with van der Waals surface area (Å²) in [5.74, 6) is -3.02. The monoisotopic (exact) mass is 353 g/mol. The zero-order chi connectivity index (χ0) is 15.1. The molecule has 0 aliphatic heterocycles. The van der Waals surface area contributed by atoms with Crippen molar-refractivity contribution >= 4 is 33.5 Å². The van der Waals surface area contributed by atoms with E-state index in [1.807, 2.05) is 12.2 Å². The Kier molecular flexibility index (Phi) is 3.57. The SMILES string of the molecule is O=C(O)C1C2C=CC(C2)C1C(=O)Nc1ccc(F)c(Br)c1. The molecule has 0 heterocycles. The highest BCUT2D eigenvalue weighted by atomic mass is 79.9. The van der Waals surface area contributed by atoms with Gasteiger partial charge in [-0.2, -0.15) is 0 Å². The molecule has 0 radical (unpaired) electrons. The highest BCUT2D eigenvalue weighted by Gasteiger charge is 2.51. The number of allylic oxidation sites excluding steroid dienone is 2. The van der Waals surface area contributed by atoms with E-state index >= 15 is 0 Å². The maximum atomic E-state index is 13.2. The van der Waals surface area contributed by atoms with Crippen LogP contribution in [0.15, 0.2) is 34.8 Å². The number of aliphatic carboxylic acids is 1. The lowest BCUT2D eigenvalue weighted by atomic mass is 9.82. The van der Waals surface area contributed by atoms with Gasteiger partial charge in [-0.3, -0.25) is 9.59 Å². The zero-order valence-corrected chi connectivity index (χ0v) is 12.5. The first-order valence-corrected chi connectivity index (χ1v) is 7.43. The number of carbonyl (C=O) groups is 2.